The summed E-state index contributed by atoms with van der Waals surface area (Å²) in [4.78, 5) is 12.1. The number of benzene rings is 1. The Kier molecular flexibility index (Phi) is 3.46. The van der Waals surface area contributed by atoms with E-state index in [2.05, 4.69) is 10.4 Å². The van der Waals surface area contributed by atoms with Crippen molar-refractivity contribution in [2.45, 2.75) is 0 Å². The van der Waals surface area contributed by atoms with Crippen LogP contribution in [0.25, 0.3) is 11.5 Å². The van der Waals surface area contributed by atoms with Crippen molar-refractivity contribution < 1.29 is 18.0 Å². The highest BCUT2D eigenvalue weighted by Crippen LogP contribution is 2.21. The highest BCUT2D eigenvalue weighted by atomic mass is 19.2. The molecule has 2 heterocycles. The van der Waals surface area contributed by atoms with Crippen LogP contribution in [-0.2, 0) is 7.05 Å². The summed E-state index contributed by atoms with van der Waals surface area (Å²) in [5.74, 6) is -1.97. The zero-order valence-corrected chi connectivity index (χ0v) is 11.5. The Bertz CT molecular complexity index is 825. The third kappa shape index (κ3) is 2.60. The number of furan rings is 1. The van der Waals surface area contributed by atoms with Gasteiger partial charge in [0.1, 0.15) is 5.69 Å². The van der Waals surface area contributed by atoms with Crippen molar-refractivity contribution in [3.05, 3.63) is 60.0 Å². The number of nitrogens with zero attached hydrogens (tertiary/aromatic N) is 2. The van der Waals surface area contributed by atoms with Crippen LogP contribution in [0, 0.1) is 11.6 Å². The molecule has 22 heavy (non-hydrogen) atoms. The van der Waals surface area contributed by atoms with Crippen molar-refractivity contribution in [1.82, 2.24) is 9.78 Å². The van der Waals surface area contributed by atoms with E-state index in [1.165, 1.54) is 17.0 Å². The van der Waals surface area contributed by atoms with E-state index in [0.29, 0.717) is 11.5 Å². The molecule has 0 aliphatic carbocycles. The van der Waals surface area contributed by atoms with Crippen LogP contribution in [0.5, 0.6) is 0 Å². The highest BCUT2D eigenvalue weighted by Gasteiger charge is 2.16. The monoisotopic (exact) mass is 303 g/mol. The van der Waals surface area contributed by atoms with Gasteiger partial charge in [0.25, 0.3) is 5.91 Å². The van der Waals surface area contributed by atoms with E-state index in [1.807, 2.05) is 0 Å². The lowest BCUT2D eigenvalue weighted by Gasteiger charge is -2.03. The maximum atomic E-state index is 13.1. The van der Waals surface area contributed by atoms with Crippen LogP contribution in [0.4, 0.5) is 14.5 Å². The van der Waals surface area contributed by atoms with Gasteiger partial charge in [-0.1, -0.05) is 0 Å². The van der Waals surface area contributed by atoms with Crippen molar-refractivity contribution in [3.63, 3.8) is 0 Å². The molecule has 3 rings (SSSR count). The van der Waals surface area contributed by atoms with Crippen molar-refractivity contribution in [1.29, 1.82) is 0 Å². The lowest BCUT2D eigenvalue weighted by atomic mass is 10.2. The van der Waals surface area contributed by atoms with E-state index >= 15 is 0 Å². The molecule has 0 bridgehead atoms. The predicted molar refractivity (Wildman–Crippen MR) is 75.2 cm³/mol. The molecular weight excluding hydrogens is 292 g/mol. The molecule has 0 aliphatic heterocycles. The summed E-state index contributed by atoms with van der Waals surface area (Å²) in [5, 5.41) is 6.54. The summed E-state index contributed by atoms with van der Waals surface area (Å²) >= 11 is 0. The summed E-state index contributed by atoms with van der Waals surface area (Å²) in [5.41, 5.74) is 0.910. The average Bonchev–Trinajstić information content (AvgIpc) is 3.12. The Morgan fingerprint density at radius 1 is 1.23 bits per heavy atom. The lowest BCUT2D eigenvalue weighted by Crippen LogP contribution is -2.13. The fraction of sp³-hybridized carbons (Fsp3) is 0.0667. The zero-order chi connectivity index (χ0) is 15.7. The molecule has 3 aromatic rings. The van der Waals surface area contributed by atoms with Gasteiger partial charge < -0.3 is 9.73 Å². The number of aromatic nitrogens is 2. The number of amides is 1. The zero-order valence-electron chi connectivity index (χ0n) is 11.5. The number of anilines is 1. The van der Waals surface area contributed by atoms with Crippen molar-refractivity contribution in [2.75, 3.05) is 5.32 Å². The maximum absolute atomic E-state index is 13.1. The van der Waals surface area contributed by atoms with Crippen LogP contribution in [0.3, 0.4) is 0 Å². The van der Waals surface area contributed by atoms with E-state index in [9.17, 15) is 13.6 Å². The Morgan fingerprint density at radius 2 is 2.05 bits per heavy atom. The summed E-state index contributed by atoms with van der Waals surface area (Å²) in [6.45, 7) is 0. The van der Waals surface area contributed by atoms with Crippen LogP contribution >= 0.6 is 0 Å². The van der Waals surface area contributed by atoms with Crippen LogP contribution in [0.15, 0.2) is 47.1 Å². The molecular formula is C15H11F2N3O2. The van der Waals surface area contributed by atoms with Crippen LogP contribution < -0.4 is 5.32 Å². The average molecular weight is 303 g/mol. The fourth-order valence-electron chi connectivity index (χ4n) is 2.00. The van der Waals surface area contributed by atoms with Gasteiger partial charge in [-0.2, -0.15) is 5.10 Å². The first-order valence-electron chi connectivity index (χ1n) is 6.39. The quantitative estimate of drug-likeness (QED) is 0.808. The van der Waals surface area contributed by atoms with E-state index in [4.69, 9.17) is 4.42 Å². The minimum atomic E-state index is -1.03. The molecule has 112 valence electrons. The summed E-state index contributed by atoms with van der Waals surface area (Å²) in [7, 11) is 1.67. The summed E-state index contributed by atoms with van der Waals surface area (Å²) in [6, 6.07) is 8.14. The van der Waals surface area contributed by atoms with Crippen molar-refractivity contribution in [3.8, 4) is 11.5 Å². The Labute approximate surface area is 124 Å². The van der Waals surface area contributed by atoms with Crippen molar-refractivity contribution in [2.24, 2.45) is 7.05 Å². The lowest BCUT2D eigenvalue weighted by molar-refractivity contribution is 0.102. The first-order chi connectivity index (χ1) is 10.5. The van der Waals surface area contributed by atoms with Crippen LogP contribution in [-0.4, -0.2) is 15.7 Å². The highest BCUT2D eigenvalue weighted by molar-refractivity contribution is 6.03. The molecule has 0 saturated heterocycles. The Balaban J connectivity index is 1.83. The van der Waals surface area contributed by atoms with Gasteiger partial charge >= 0.3 is 0 Å². The van der Waals surface area contributed by atoms with Gasteiger partial charge in [-0.25, -0.2) is 8.78 Å². The normalized spacial score (nSPS) is 10.7. The predicted octanol–water partition coefficient (Wildman–Crippen LogP) is 3.21. The number of carbonyl (C=O) groups excluding carboxylic acids is 1. The fourth-order valence-corrected chi connectivity index (χ4v) is 2.00. The van der Waals surface area contributed by atoms with Gasteiger partial charge in [-0.15, -0.1) is 0 Å². The maximum Gasteiger partial charge on any atom is 0.276 e. The minimum absolute atomic E-state index is 0.138. The molecule has 1 aromatic carbocycles. The molecule has 0 aliphatic rings. The standard InChI is InChI=1S/C15H11F2N3O2/c1-20-13(14-3-2-6-22-14)8-12(19-20)15(21)18-9-4-5-10(16)11(17)7-9/h2-8H,1H3,(H,18,21). The first kappa shape index (κ1) is 14.0. The van der Waals surface area contributed by atoms with Crippen molar-refractivity contribution >= 4 is 11.6 Å². The van der Waals surface area contributed by atoms with Gasteiger partial charge in [0, 0.05) is 24.9 Å². The largest absolute Gasteiger partial charge is 0.463 e. The molecule has 7 heteroatoms. The van der Waals surface area contributed by atoms with Gasteiger partial charge in [-0.3, -0.25) is 9.48 Å². The smallest absolute Gasteiger partial charge is 0.276 e. The number of halogens is 2. The molecule has 2 aromatic heterocycles. The molecule has 0 atom stereocenters. The van der Waals surface area contributed by atoms with E-state index in [-0.39, 0.29) is 11.4 Å². The third-order valence-electron chi connectivity index (χ3n) is 3.06. The minimum Gasteiger partial charge on any atom is -0.463 e. The van der Waals surface area contributed by atoms with E-state index in [1.54, 1.807) is 25.2 Å². The molecule has 5 nitrogen and oxygen atoms in total. The molecule has 0 spiro atoms. The molecule has 0 fully saturated rings. The second kappa shape index (κ2) is 5.44. The number of carbonyl (C=O) groups is 1. The molecule has 0 unspecified atom stereocenters. The molecule has 0 saturated carbocycles. The van der Waals surface area contributed by atoms with Crippen LogP contribution in [0.2, 0.25) is 0 Å². The van der Waals surface area contributed by atoms with Gasteiger partial charge in [0.2, 0.25) is 0 Å². The Hall–Kier alpha value is -2.96. The molecule has 1 N–H and O–H groups in total. The first-order valence-corrected chi connectivity index (χ1v) is 6.39. The summed E-state index contributed by atoms with van der Waals surface area (Å²) < 4.78 is 32.7. The number of hydrogen-bond donors (Lipinski definition) is 1. The SMILES string of the molecule is Cn1nc(C(=O)Nc2ccc(F)c(F)c2)cc1-c1ccco1. The third-order valence-corrected chi connectivity index (χ3v) is 3.06. The van der Waals surface area contributed by atoms with Gasteiger partial charge in [0.05, 0.1) is 6.26 Å². The van der Waals surface area contributed by atoms with Gasteiger partial charge in [-0.05, 0) is 24.3 Å². The second-order valence-corrected chi connectivity index (χ2v) is 4.60. The summed E-state index contributed by atoms with van der Waals surface area (Å²) in [6.07, 6.45) is 1.52. The molecule has 0 radical (unpaired) electrons. The number of hydrogen-bond acceptors (Lipinski definition) is 3. The number of aryl methyl sites for hydroxylation is 1. The molecule has 1 amide bonds. The second-order valence-electron chi connectivity index (χ2n) is 4.60. The number of rotatable bonds is 3. The van der Waals surface area contributed by atoms with E-state index < -0.39 is 17.5 Å². The number of nitrogens with one attached hydrogen (secondary N) is 1. The topological polar surface area (TPSA) is 60.1 Å². The van der Waals surface area contributed by atoms with Gasteiger partial charge in [0.15, 0.2) is 23.1 Å². The Morgan fingerprint density at radius 3 is 2.73 bits per heavy atom. The van der Waals surface area contributed by atoms with E-state index in [0.717, 1.165) is 12.1 Å². The van der Waals surface area contributed by atoms with Crippen LogP contribution in [0.1, 0.15) is 10.5 Å².